The molecule has 1 N–H and O–H groups in total. The quantitative estimate of drug-likeness (QED) is 0.890. The summed E-state index contributed by atoms with van der Waals surface area (Å²) in [5.41, 5.74) is 1.21. The number of carboxylic acid groups (broad SMARTS) is 1. The van der Waals surface area contributed by atoms with Crippen LogP contribution >= 0.6 is 12.4 Å². The molecule has 1 heterocycles. The molecule has 0 atom stereocenters. The third-order valence-electron chi connectivity index (χ3n) is 2.93. The predicted molar refractivity (Wildman–Crippen MR) is 77.7 cm³/mol. The van der Waals surface area contributed by atoms with Crippen molar-refractivity contribution in [1.82, 2.24) is 9.55 Å². The third-order valence-corrected chi connectivity index (χ3v) is 2.93. The van der Waals surface area contributed by atoms with Crippen molar-refractivity contribution in [1.29, 1.82) is 0 Å². The normalized spacial score (nSPS) is 9.85. The van der Waals surface area contributed by atoms with E-state index in [2.05, 4.69) is 4.98 Å². The van der Waals surface area contributed by atoms with Crippen LogP contribution in [0.4, 0.5) is 0 Å². The highest BCUT2D eigenvalue weighted by molar-refractivity contribution is 5.85. The molecule has 0 saturated heterocycles. The molecule has 0 spiro atoms. The van der Waals surface area contributed by atoms with Crippen LogP contribution in [0.15, 0.2) is 36.7 Å². The van der Waals surface area contributed by atoms with Gasteiger partial charge in [0.05, 0.1) is 7.11 Å². The van der Waals surface area contributed by atoms with Crippen LogP contribution in [0.5, 0.6) is 5.75 Å². The van der Waals surface area contributed by atoms with E-state index in [9.17, 15) is 4.79 Å². The predicted octanol–water partition coefficient (Wildman–Crippen LogP) is 2.64. The molecule has 108 valence electrons. The van der Waals surface area contributed by atoms with Crippen molar-refractivity contribution in [3.63, 3.8) is 0 Å². The van der Waals surface area contributed by atoms with Crippen LogP contribution in [-0.2, 0) is 13.0 Å². The molecule has 2 rings (SSSR count). The Morgan fingerprint density at radius 2 is 2.05 bits per heavy atom. The van der Waals surface area contributed by atoms with E-state index >= 15 is 0 Å². The average molecular weight is 297 g/mol. The Bertz CT molecular complexity index is 552. The second-order valence-corrected chi connectivity index (χ2v) is 4.20. The number of benzene rings is 1. The SMILES string of the molecule is COc1ccc(CCCn2ccnc2C(=O)O)cc1.Cl. The van der Waals surface area contributed by atoms with Crippen molar-refractivity contribution in [3.8, 4) is 5.75 Å². The van der Waals surface area contributed by atoms with Gasteiger partial charge in [0, 0.05) is 18.9 Å². The van der Waals surface area contributed by atoms with Gasteiger partial charge in [-0.3, -0.25) is 0 Å². The molecule has 0 aliphatic carbocycles. The number of aromatic carboxylic acids is 1. The standard InChI is InChI=1S/C14H16N2O3.ClH/c1-19-12-6-4-11(5-7-12)3-2-9-16-10-8-15-13(16)14(17)18;/h4-8,10H,2-3,9H2,1H3,(H,17,18);1H. The van der Waals surface area contributed by atoms with Gasteiger partial charge in [-0.1, -0.05) is 12.1 Å². The maximum absolute atomic E-state index is 10.9. The summed E-state index contributed by atoms with van der Waals surface area (Å²) < 4.78 is 6.76. The van der Waals surface area contributed by atoms with Gasteiger partial charge in [0.25, 0.3) is 0 Å². The molecule has 0 aliphatic rings. The van der Waals surface area contributed by atoms with Crippen LogP contribution in [0, 0.1) is 0 Å². The third kappa shape index (κ3) is 3.99. The van der Waals surface area contributed by atoms with Gasteiger partial charge in [-0.05, 0) is 30.5 Å². The number of rotatable bonds is 6. The first-order valence-electron chi connectivity index (χ1n) is 6.08. The highest BCUT2D eigenvalue weighted by Gasteiger charge is 2.09. The molecule has 0 amide bonds. The lowest BCUT2D eigenvalue weighted by atomic mass is 10.1. The molecule has 0 fully saturated rings. The Kier molecular flexibility index (Phi) is 6.06. The minimum absolute atomic E-state index is 0. The molecule has 1 aromatic carbocycles. The number of hydrogen-bond acceptors (Lipinski definition) is 3. The molecule has 0 bridgehead atoms. The fourth-order valence-electron chi connectivity index (χ4n) is 1.93. The fourth-order valence-corrected chi connectivity index (χ4v) is 1.93. The van der Waals surface area contributed by atoms with Crippen LogP contribution in [0.1, 0.15) is 22.6 Å². The zero-order valence-electron chi connectivity index (χ0n) is 11.2. The Balaban J connectivity index is 0.00000200. The van der Waals surface area contributed by atoms with Gasteiger partial charge >= 0.3 is 5.97 Å². The van der Waals surface area contributed by atoms with Crippen molar-refractivity contribution in [2.24, 2.45) is 0 Å². The summed E-state index contributed by atoms with van der Waals surface area (Å²) >= 11 is 0. The van der Waals surface area contributed by atoms with E-state index in [-0.39, 0.29) is 18.2 Å². The number of carboxylic acids is 1. The van der Waals surface area contributed by atoms with E-state index in [4.69, 9.17) is 9.84 Å². The van der Waals surface area contributed by atoms with Crippen LogP contribution in [0.2, 0.25) is 0 Å². The number of ether oxygens (including phenoxy) is 1. The Morgan fingerprint density at radius 3 is 2.65 bits per heavy atom. The molecule has 0 saturated carbocycles. The van der Waals surface area contributed by atoms with Gasteiger partial charge in [0.1, 0.15) is 5.75 Å². The van der Waals surface area contributed by atoms with Crippen molar-refractivity contribution in [2.75, 3.05) is 7.11 Å². The number of imidazole rings is 1. The first-order valence-corrected chi connectivity index (χ1v) is 6.08. The number of aromatic nitrogens is 2. The largest absolute Gasteiger partial charge is 0.497 e. The molecule has 2 aromatic rings. The Morgan fingerprint density at radius 1 is 1.35 bits per heavy atom. The van der Waals surface area contributed by atoms with E-state index in [0.29, 0.717) is 6.54 Å². The van der Waals surface area contributed by atoms with E-state index in [1.54, 1.807) is 17.9 Å². The van der Waals surface area contributed by atoms with Gasteiger partial charge in [-0.15, -0.1) is 12.4 Å². The van der Waals surface area contributed by atoms with Crippen LogP contribution in [0.25, 0.3) is 0 Å². The Labute approximate surface area is 123 Å². The summed E-state index contributed by atoms with van der Waals surface area (Å²) in [4.78, 5) is 14.7. The maximum Gasteiger partial charge on any atom is 0.372 e. The van der Waals surface area contributed by atoms with E-state index in [1.165, 1.54) is 11.8 Å². The highest BCUT2D eigenvalue weighted by Crippen LogP contribution is 2.13. The van der Waals surface area contributed by atoms with Crippen molar-refractivity contribution < 1.29 is 14.6 Å². The minimum Gasteiger partial charge on any atom is -0.497 e. The average Bonchev–Trinajstić information content (AvgIpc) is 2.88. The van der Waals surface area contributed by atoms with Crippen LogP contribution in [0.3, 0.4) is 0 Å². The van der Waals surface area contributed by atoms with E-state index < -0.39 is 5.97 Å². The summed E-state index contributed by atoms with van der Waals surface area (Å²) in [6, 6.07) is 7.89. The van der Waals surface area contributed by atoms with E-state index in [0.717, 1.165) is 18.6 Å². The topological polar surface area (TPSA) is 64.4 Å². The van der Waals surface area contributed by atoms with Crippen LogP contribution < -0.4 is 4.74 Å². The molecule has 0 aliphatic heterocycles. The van der Waals surface area contributed by atoms with E-state index in [1.807, 2.05) is 24.3 Å². The lowest BCUT2D eigenvalue weighted by Gasteiger charge is -2.06. The second kappa shape index (κ2) is 7.55. The molecular formula is C14H17ClN2O3. The molecule has 1 aromatic heterocycles. The van der Waals surface area contributed by atoms with Crippen molar-refractivity contribution >= 4 is 18.4 Å². The van der Waals surface area contributed by atoms with Crippen molar-refractivity contribution in [2.45, 2.75) is 19.4 Å². The van der Waals surface area contributed by atoms with Crippen molar-refractivity contribution in [3.05, 3.63) is 48.0 Å². The van der Waals surface area contributed by atoms with Gasteiger partial charge < -0.3 is 14.4 Å². The summed E-state index contributed by atoms with van der Waals surface area (Å²) in [5, 5.41) is 8.93. The molecule has 0 unspecified atom stereocenters. The lowest BCUT2D eigenvalue weighted by Crippen LogP contribution is -2.09. The Hall–Kier alpha value is -2.01. The second-order valence-electron chi connectivity index (χ2n) is 4.20. The minimum atomic E-state index is -0.991. The number of aryl methyl sites for hydroxylation is 2. The molecule has 20 heavy (non-hydrogen) atoms. The summed E-state index contributed by atoms with van der Waals surface area (Å²) in [6.07, 6.45) is 4.96. The zero-order chi connectivity index (χ0) is 13.7. The lowest BCUT2D eigenvalue weighted by molar-refractivity contribution is 0.0678. The smallest absolute Gasteiger partial charge is 0.372 e. The monoisotopic (exact) mass is 296 g/mol. The zero-order valence-corrected chi connectivity index (χ0v) is 12.0. The number of carbonyl (C=O) groups is 1. The number of methoxy groups -OCH3 is 1. The number of nitrogens with zero attached hydrogens (tertiary/aromatic N) is 2. The number of halogens is 1. The first-order chi connectivity index (χ1) is 9.20. The highest BCUT2D eigenvalue weighted by atomic mass is 35.5. The summed E-state index contributed by atoms with van der Waals surface area (Å²) in [6.45, 7) is 0.646. The van der Waals surface area contributed by atoms with Crippen LogP contribution in [-0.4, -0.2) is 27.7 Å². The molecule has 5 nitrogen and oxygen atoms in total. The maximum atomic E-state index is 10.9. The molecular weight excluding hydrogens is 280 g/mol. The first kappa shape index (κ1) is 16.0. The van der Waals surface area contributed by atoms with Gasteiger partial charge in [-0.2, -0.15) is 0 Å². The van der Waals surface area contributed by atoms with Gasteiger partial charge in [-0.25, -0.2) is 9.78 Å². The summed E-state index contributed by atoms with van der Waals surface area (Å²) in [5.74, 6) is -0.0595. The van der Waals surface area contributed by atoms with Gasteiger partial charge in [0.2, 0.25) is 5.82 Å². The molecule has 0 radical (unpaired) electrons. The van der Waals surface area contributed by atoms with Gasteiger partial charge in [0.15, 0.2) is 0 Å². The summed E-state index contributed by atoms with van der Waals surface area (Å²) in [7, 11) is 1.64. The fraction of sp³-hybridized carbons (Fsp3) is 0.286. The number of hydrogen-bond donors (Lipinski definition) is 1. The molecule has 6 heteroatoms.